The van der Waals surface area contributed by atoms with E-state index in [2.05, 4.69) is 44.4 Å². The van der Waals surface area contributed by atoms with E-state index in [1.54, 1.807) is 0 Å². The first-order valence-corrected chi connectivity index (χ1v) is 8.42. The van der Waals surface area contributed by atoms with Crippen molar-refractivity contribution in [3.05, 3.63) is 29.3 Å². The van der Waals surface area contributed by atoms with Gasteiger partial charge in [-0.2, -0.15) is 0 Å². The molecule has 1 aliphatic rings. The van der Waals surface area contributed by atoms with Crippen molar-refractivity contribution in [2.24, 2.45) is 0 Å². The summed E-state index contributed by atoms with van der Waals surface area (Å²) in [5.74, 6) is 0.720. The number of hydrogen-bond donors (Lipinski definition) is 2. The molecule has 1 aliphatic heterocycles. The van der Waals surface area contributed by atoms with Crippen LogP contribution < -0.4 is 15.4 Å². The van der Waals surface area contributed by atoms with Gasteiger partial charge in [0.1, 0.15) is 5.75 Å². The second-order valence-corrected chi connectivity index (χ2v) is 8.41. The Bertz CT molecular complexity index is 542. The summed E-state index contributed by atoms with van der Waals surface area (Å²) in [6.45, 7) is 13.1. The van der Waals surface area contributed by atoms with Gasteiger partial charge in [-0.15, -0.1) is 0 Å². The van der Waals surface area contributed by atoms with Gasteiger partial charge in [-0.1, -0.05) is 6.07 Å². The number of rotatable bonds is 4. The molecule has 3 N–H and O–H groups in total. The van der Waals surface area contributed by atoms with Crippen molar-refractivity contribution in [1.29, 1.82) is 0 Å². The highest BCUT2D eigenvalue weighted by Crippen LogP contribution is 2.22. The van der Waals surface area contributed by atoms with Gasteiger partial charge in [0, 0.05) is 18.9 Å². The van der Waals surface area contributed by atoms with Crippen LogP contribution in [-0.2, 0) is 4.79 Å². The molecule has 4 nitrogen and oxygen atoms in total. The summed E-state index contributed by atoms with van der Waals surface area (Å²) in [6.07, 6.45) is 1.96. The number of ether oxygens (including phenoxy) is 1. The Hall–Kier alpha value is -1.55. The quantitative estimate of drug-likeness (QED) is 0.893. The minimum atomic E-state index is -0.0392. The molecule has 1 heterocycles. The lowest BCUT2D eigenvalue weighted by molar-refractivity contribution is -0.787. The zero-order valence-corrected chi connectivity index (χ0v) is 15.3. The van der Waals surface area contributed by atoms with E-state index in [9.17, 15) is 4.79 Å². The summed E-state index contributed by atoms with van der Waals surface area (Å²) in [6, 6.07) is 6.22. The predicted octanol–water partition coefficient (Wildman–Crippen LogP) is 2.08. The molecule has 1 saturated heterocycles. The maximum absolute atomic E-state index is 12.2. The maximum atomic E-state index is 12.2. The van der Waals surface area contributed by atoms with E-state index in [1.807, 2.05) is 26.0 Å². The Morgan fingerprint density at radius 3 is 2.17 bits per heavy atom. The van der Waals surface area contributed by atoms with Crippen molar-refractivity contribution < 1.29 is 14.8 Å². The zero-order chi connectivity index (χ0) is 17.3. The number of hydrogen-bond acceptors (Lipinski definition) is 2. The van der Waals surface area contributed by atoms with Crippen LogP contribution in [0.2, 0.25) is 0 Å². The first-order chi connectivity index (χ1) is 10.5. The van der Waals surface area contributed by atoms with Gasteiger partial charge in [0.2, 0.25) is 0 Å². The van der Waals surface area contributed by atoms with Crippen LogP contribution in [0.3, 0.4) is 0 Å². The normalized spacial score (nSPS) is 20.1. The van der Waals surface area contributed by atoms with Crippen LogP contribution in [-0.4, -0.2) is 29.6 Å². The van der Waals surface area contributed by atoms with Crippen molar-refractivity contribution >= 4 is 5.91 Å². The number of benzene rings is 1. The number of amides is 1. The molecule has 128 valence electrons. The zero-order valence-electron chi connectivity index (χ0n) is 15.3. The van der Waals surface area contributed by atoms with Crippen molar-refractivity contribution in [3.8, 4) is 5.75 Å². The van der Waals surface area contributed by atoms with E-state index in [4.69, 9.17) is 4.74 Å². The van der Waals surface area contributed by atoms with Gasteiger partial charge in [-0.25, -0.2) is 0 Å². The van der Waals surface area contributed by atoms with E-state index in [0.717, 1.165) is 29.7 Å². The molecule has 1 amide bonds. The SMILES string of the molecule is Cc1cc(C)cc(OCC(=O)NC2CC(C)(C)[NH2+]C(C)(C)C2)c1. The average molecular weight is 319 g/mol. The van der Waals surface area contributed by atoms with Gasteiger partial charge in [0.05, 0.1) is 11.1 Å². The highest BCUT2D eigenvalue weighted by Gasteiger charge is 2.42. The molecule has 1 fully saturated rings. The van der Waals surface area contributed by atoms with E-state index >= 15 is 0 Å². The first-order valence-electron chi connectivity index (χ1n) is 8.42. The highest BCUT2D eigenvalue weighted by atomic mass is 16.5. The smallest absolute Gasteiger partial charge is 0.258 e. The lowest BCUT2D eigenvalue weighted by atomic mass is 9.79. The second-order valence-electron chi connectivity index (χ2n) is 8.41. The molecule has 4 heteroatoms. The summed E-state index contributed by atoms with van der Waals surface area (Å²) < 4.78 is 5.66. The van der Waals surface area contributed by atoms with Crippen LogP contribution in [0.25, 0.3) is 0 Å². The summed E-state index contributed by atoms with van der Waals surface area (Å²) in [5.41, 5.74) is 2.58. The number of carbonyl (C=O) groups excluding carboxylic acids is 1. The van der Waals surface area contributed by atoms with Crippen molar-refractivity contribution in [2.45, 2.75) is 71.5 Å². The topological polar surface area (TPSA) is 54.9 Å². The van der Waals surface area contributed by atoms with Crippen molar-refractivity contribution in [1.82, 2.24) is 5.32 Å². The Morgan fingerprint density at radius 2 is 1.65 bits per heavy atom. The van der Waals surface area contributed by atoms with Crippen LogP contribution in [0.1, 0.15) is 51.7 Å². The van der Waals surface area contributed by atoms with Gasteiger partial charge in [-0.3, -0.25) is 4.79 Å². The van der Waals surface area contributed by atoms with Gasteiger partial charge >= 0.3 is 0 Å². The molecule has 1 aromatic carbocycles. The molecule has 0 aromatic heterocycles. The Morgan fingerprint density at radius 1 is 1.13 bits per heavy atom. The van der Waals surface area contributed by atoms with Gasteiger partial charge in [0.25, 0.3) is 5.91 Å². The summed E-state index contributed by atoms with van der Waals surface area (Å²) >= 11 is 0. The number of nitrogens with two attached hydrogens (primary N) is 1. The van der Waals surface area contributed by atoms with E-state index in [1.165, 1.54) is 0 Å². The largest absolute Gasteiger partial charge is 0.484 e. The standard InChI is InChI=1S/C19H30N2O2/c1-13-7-14(2)9-16(8-13)23-12-17(22)20-15-10-18(3,4)21-19(5,6)11-15/h7-9,15,21H,10-12H2,1-6H3,(H,20,22)/p+1. The molecule has 0 aliphatic carbocycles. The molecule has 0 saturated carbocycles. The third-order valence-corrected chi connectivity index (χ3v) is 4.26. The minimum Gasteiger partial charge on any atom is -0.484 e. The number of piperidine rings is 1. The van der Waals surface area contributed by atoms with E-state index < -0.39 is 0 Å². The van der Waals surface area contributed by atoms with Crippen LogP contribution in [0, 0.1) is 13.8 Å². The Balaban J connectivity index is 1.89. The maximum Gasteiger partial charge on any atom is 0.258 e. The molecular formula is C19H31N2O2+. The number of carbonyl (C=O) groups is 1. The molecular weight excluding hydrogens is 288 g/mol. The van der Waals surface area contributed by atoms with Gasteiger partial charge < -0.3 is 15.4 Å². The molecule has 0 unspecified atom stereocenters. The predicted molar refractivity (Wildman–Crippen MR) is 92.7 cm³/mol. The second kappa shape index (κ2) is 6.52. The van der Waals surface area contributed by atoms with Gasteiger partial charge in [0.15, 0.2) is 6.61 Å². The number of quaternary nitrogens is 1. The molecule has 2 rings (SSSR count). The average Bonchev–Trinajstić information content (AvgIpc) is 2.31. The van der Waals surface area contributed by atoms with E-state index in [0.29, 0.717) is 0 Å². The highest BCUT2D eigenvalue weighted by molar-refractivity contribution is 5.77. The fraction of sp³-hybridized carbons (Fsp3) is 0.632. The van der Waals surface area contributed by atoms with Crippen molar-refractivity contribution in [2.75, 3.05) is 6.61 Å². The fourth-order valence-corrected chi connectivity index (χ4v) is 4.05. The number of nitrogens with one attached hydrogen (secondary N) is 1. The third kappa shape index (κ3) is 5.54. The Kier molecular flexibility index (Phi) is 5.04. The molecule has 0 atom stereocenters. The summed E-state index contributed by atoms with van der Waals surface area (Å²) in [7, 11) is 0. The lowest BCUT2D eigenvalue weighted by Crippen LogP contribution is -3.06. The van der Waals surface area contributed by atoms with Crippen molar-refractivity contribution in [3.63, 3.8) is 0 Å². The lowest BCUT2D eigenvalue weighted by Gasteiger charge is -2.43. The molecule has 23 heavy (non-hydrogen) atoms. The van der Waals surface area contributed by atoms with E-state index in [-0.39, 0.29) is 29.6 Å². The van der Waals surface area contributed by atoms with Gasteiger partial charge in [-0.05, 0) is 64.8 Å². The van der Waals surface area contributed by atoms with Crippen LogP contribution in [0.5, 0.6) is 5.75 Å². The molecule has 0 radical (unpaired) electrons. The summed E-state index contributed by atoms with van der Waals surface area (Å²) in [5, 5.41) is 5.56. The first kappa shape index (κ1) is 17.8. The van der Waals surface area contributed by atoms with Crippen LogP contribution in [0.4, 0.5) is 0 Å². The van der Waals surface area contributed by atoms with Crippen LogP contribution >= 0.6 is 0 Å². The Labute approximate surface area is 140 Å². The fourth-order valence-electron chi connectivity index (χ4n) is 4.05. The molecule has 0 spiro atoms. The summed E-state index contributed by atoms with van der Waals surface area (Å²) in [4.78, 5) is 12.2. The monoisotopic (exact) mass is 319 g/mol. The number of aryl methyl sites for hydroxylation is 2. The molecule has 0 bridgehead atoms. The molecule has 1 aromatic rings. The van der Waals surface area contributed by atoms with Crippen LogP contribution in [0.15, 0.2) is 18.2 Å². The third-order valence-electron chi connectivity index (χ3n) is 4.26. The minimum absolute atomic E-state index is 0.0392.